The molecule has 1 nitrogen and oxygen atoms in total. The molecule has 0 saturated carbocycles. The summed E-state index contributed by atoms with van der Waals surface area (Å²) in [7, 11) is 0. The SMILES string of the molecule is CC(C)c1cccc(C(C)C)c1O.Cl.Cl.[Zr]. The van der Waals surface area contributed by atoms with Gasteiger partial charge in [0.25, 0.3) is 0 Å². The molecule has 4 heteroatoms. The van der Waals surface area contributed by atoms with E-state index in [1.54, 1.807) is 0 Å². The Morgan fingerprint density at radius 3 is 1.44 bits per heavy atom. The van der Waals surface area contributed by atoms with Crippen LogP contribution in [0.3, 0.4) is 0 Å². The molecule has 0 radical (unpaired) electrons. The average Bonchev–Trinajstić information content (AvgIpc) is 2.03. The number of aromatic hydroxyl groups is 1. The van der Waals surface area contributed by atoms with Gasteiger partial charge in [0.15, 0.2) is 0 Å². The summed E-state index contributed by atoms with van der Waals surface area (Å²) in [6.45, 7) is 8.39. The van der Waals surface area contributed by atoms with Crippen LogP contribution in [-0.4, -0.2) is 5.11 Å². The van der Waals surface area contributed by atoms with E-state index < -0.39 is 0 Å². The summed E-state index contributed by atoms with van der Waals surface area (Å²) in [6.07, 6.45) is 0. The molecule has 1 aromatic rings. The Bertz CT molecular complexity index is 275. The molecule has 0 unspecified atom stereocenters. The molecule has 0 atom stereocenters. The summed E-state index contributed by atoms with van der Waals surface area (Å²) in [5.74, 6) is 1.25. The second-order valence-electron chi connectivity index (χ2n) is 4.09. The maximum Gasteiger partial charge on any atom is 0.122 e. The number of rotatable bonds is 2. The summed E-state index contributed by atoms with van der Waals surface area (Å²) in [5.41, 5.74) is 2.09. The maximum absolute atomic E-state index is 9.93. The Kier molecular flexibility index (Phi) is 12.9. The number of halogens is 2. The van der Waals surface area contributed by atoms with Gasteiger partial charge in [-0.1, -0.05) is 45.9 Å². The predicted molar refractivity (Wildman–Crippen MR) is 70.8 cm³/mol. The smallest absolute Gasteiger partial charge is 0.122 e. The van der Waals surface area contributed by atoms with Crippen molar-refractivity contribution < 1.29 is 31.3 Å². The zero-order valence-electron chi connectivity index (χ0n) is 10.2. The predicted octanol–water partition coefficient (Wildman–Crippen LogP) is 4.48. The normalized spacial score (nSPS) is 9.12. The minimum absolute atomic E-state index is 0. The van der Waals surface area contributed by atoms with Crippen LogP contribution in [0.25, 0.3) is 0 Å². The van der Waals surface area contributed by atoms with Crippen molar-refractivity contribution in [2.45, 2.75) is 39.5 Å². The summed E-state index contributed by atoms with van der Waals surface area (Å²) in [6, 6.07) is 6.00. The molecule has 1 rings (SSSR count). The molecule has 16 heavy (non-hydrogen) atoms. The molecule has 0 aliphatic carbocycles. The van der Waals surface area contributed by atoms with Crippen molar-refractivity contribution in [3.05, 3.63) is 29.3 Å². The quantitative estimate of drug-likeness (QED) is 0.840. The van der Waals surface area contributed by atoms with E-state index in [0.29, 0.717) is 17.6 Å². The third-order valence-electron chi connectivity index (χ3n) is 2.34. The average molecular weight is 342 g/mol. The van der Waals surface area contributed by atoms with E-state index >= 15 is 0 Å². The molecule has 0 fully saturated rings. The van der Waals surface area contributed by atoms with Gasteiger partial charge in [0.1, 0.15) is 5.75 Å². The van der Waals surface area contributed by atoms with Crippen molar-refractivity contribution in [2.75, 3.05) is 0 Å². The van der Waals surface area contributed by atoms with Gasteiger partial charge in [0.05, 0.1) is 0 Å². The van der Waals surface area contributed by atoms with E-state index in [1.807, 2.05) is 18.2 Å². The second kappa shape index (κ2) is 9.51. The molecular weight excluding hydrogens is 322 g/mol. The molecule has 1 aromatic carbocycles. The summed E-state index contributed by atoms with van der Waals surface area (Å²) < 4.78 is 0. The second-order valence-corrected chi connectivity index (χ2v) is 4.09. The van der Waals surface area contributed by atoms with Gasteiger partial charge in [-0.15, -0.1) is 24.8 Å². The summed E-state index contributed by atoms with van der Waals surface area (Å²) in [5, 5.41) is 9.93. The summed E-state index contributed by atoms with van der Waals surface area (Å²) >= 11 is 0. The van der Waals surface area contributed by atoms with Crippen molar-refractivity contribution >= 4 is 24.8 Å². The van der Waals surface area contributed by atoms with Crippen molar-refractivity contribution in [3.63, 3.8) is 0 Å². The molecule has 0 aromatic heterocycles. The molecule has 0 saturated heterocycles. The Hall–Kier alpha value is 0.483. The Morgan fingerprint density at radius 2 is 1.19 bits per heavy atom. The first kappa shape index (κ1) is 21.7. The number of hydrogen-bond donors (Lipinski definition) is 1. The number of hydrogen-bond acceptors (Lipinski definition) is 1. The zero-order valence-corrected chi connectivity index (χ0v) is 14.2. The van der Waals surface area contributed by atoms with Gasteiger partial charge >= 0.3 is 0 Å². The van der Waals surface area contributed by atoms with Gasteiger partial charge in [-0.05, 0) is 23.0 Å². The molecule has 0 spiro atoms. The van der Waals surface area contributed by atoms with E-state index in [9.17, 15) is 5.11 Å². The Balaban J connectivity index is -0.000000563. The third-order valence-corrected chi connectivity index (χ3v) is 2.34. The minimum Gasteiger partial charge on any atom is -0.507 e. The van der Waals surface area contributed by atoms with Crippen LogP contribution in [0.2, 0.25) is 0 Å². The van der Waals surface area contributed by atoms with Gasteiger partial charge in [-0.2, -0.15) is 0 Å². The van der Waals surface area contributed by atoms with Gasteiger partial charge < -0.3 is 5.11 Å². The first-order valence-electron chi connectivity index (χ1n) is 4.85. The van der Waals surface area contributed by atoms with Crippen LogP contribution in [0.4, 0.5) is 0 Å². The number of phenols is 1. The molecule has 0 amide bonds. The first-order valence-corrected chi connectivity index (χ1v) is 4.85. The van der Waals surface area contributed by atoms with Crippen LogP contribution in [0, 0.1) is 0 Å². The topological polar surface area (TPSA) is 20.2 Å². The monoisotopic (exact) mass is 340 g/mol. The Morgan fingerprint density at radius 1 is 0.875 bits per heavy atom. The van der Waals surface area contributed by atoms with Crippen molar-refractivity contribution in [1.82, 2.24) is 0 Å². The molecule has 0 heterocycles. The van der Waals surface area contributed by atoms with E-state index in [2.05, 4.69) is 27.7 Å². The van der Waals surface area contributed by atoms with E-state index in [1.165, 1.54) is 0 Å². The van der Waals surface area contributed by atoms with Crippen LogP contribution < -0.4 is 0 Å². The molecule has 0 aliphatic rings. The van der Waals surface area contributed by atoms with E-state index in [4.69, 9.17) is 0 Å². The van der Waals surface area contributed by atoms with Crippen LogP contribution in [0.15, 0.2) is 18.2 Å². The molecule has 1 N–H and O–H groups in total. The third kappa shape index (κ3) is 5.21. The van der Waals surface area contributed by atoms with Crippen LogP contribution in [-0.2, 0) is 26.2 Å². The van der Waals surface area contributed by atoms with E-state index in [-0.39, 0.29) is 51.0 Å². The van der Waals surface area contributed by atoms with E-state index in [0.717, 1.165) is 11.1 Å². The van der Waals surface area contributed by atoms with Crippen molar-refractivity contribution in [3.8, 4) is 5.75 Å². The Labute approximate surface area is 130 Å². The maximum atomic E-state index is 9.93. The number of benzene rings is 1. The van der Waals surface area contributed by atoms with Crippen molar-refractivity contribution in [1.29, 1.82) is 0 Å². The van der Waals surface area contributed by atoms with Gasteiger partial charge in [-0.25, -0.2) is 0 Å². The fourth-order valence-electron chi connectivity index (χ4n) is 1.51. The molecular formula is C12H20Cl2OZr. The van der Waals surface area contributed by atoms with Crippen molar-refractivity contribution in [2.24, 2.45) is 0 Å². The fraction of sp³-hybridized carbons (Fsp3) is 0.500. The van der Waals surface area contributed by atoms with Gasteiger partial charge in [0.2, 0.25) is 0 Å². The summed E-state index contributed by atoms with van der Waals surface area (Å²) in [4.78, 5) is 0. The first-order chi connectivity index (χ1) is 6.04. The number of phenolic OH excluding ortho intramolecular Hbond substituents is 1. The number of para-hydroxylation sites is 1. The largest absolute Gasteiger partial charge is 0.507 e. The van der Waals surface area contributed by atoms with Gasteiger partial charge in [0, 0.05) is 26.2 Å². The fourth-order valence-corrected chi connectivity index (χ4v) is 1.51. The molecule has 0 aliphatic heterocycles. The van der Waals surface area contributed by atoms with Crippen LogP contribution in [0.1, 0.15) is 50.7 Å². The molecule has 0 bridgehead atoms. The van der Waals surface area contributed by atoms with Crippen LogP contribution in [0.5, 0.6) is 5.75 Å². The minimum atomic E-state index is 0. The molecule has 92 valence electrons. The van der Waals surface area contributed by atoms with Crippen LogP contribution >= 0.6 is 24.8 Å². The standard InChI is InChI=1S/C12H18O.2ClH.Zr/c1-8(2)10-6-5-7-11(9(3)4)12(10)13;;;/h5-9,13H,1-4H3;2*1H;. The van der Waals surface area contributed by atoms with Gasteiger partial charge in [-0.3, -0.25) is 0 Å². The zero-order chi connectivity index (χ0) is 10.0.